The van der Waals surface area contributed by atoms with Crippen LogP contribution in [0.5, 0.6) is 11.5 Å². The minimum absolute atomic E-state index is 0.0312. The standard InChI is InChI=1S/C18H17N3O5/c22-16(10-19-17(23)12-6-2-1-3-7-12)20-21-18(24)15-11-25-13-8-4-5-9-14(13)26-15/h1-9,15H,10-11H2,(H,19,23)(H,20,22)(H,21,24)/t15-/m1/s1. The molecule has 0 bridgehead atoms. The van der Waals surface area contributed by atoms with Crippen molar-refractivity contribution in [1.29, 1.82) is 0 Å². The van der Waals surface area contributed by atoms with E-state index in [1.807, 2.05) is 0 Å². The SMILES string of the molecule is O=C(CNC(=O)c1ccccc1)NNC(=O)[C@H]1COc2ccccc2O1. The second-order valence-corrected chi connectivity index (χ2v) is 5.45. The van der Waals surface area contributed by atoms with Gasteiger partial charge in [0.1, 0.15) is 6.61 Å². The molecule has 0 radical (unpaired) electrons. The van der Waals surface area contributed by atoms with E-state index in [9.17, 15) is 14.4 Å². The van der Waals surface area contributed by atoms with Gasteiger partial charge in [0.15, 0.2) is 11.5 Å². The van der Waals surface area contributed by atoms with Crippen molar-refractivity contribution in [3.63, 3.8) is 0 Å². The third-order valence-electron chi connectivity index (χ3n) is 3.57. The zero-order valence-electron chi connectivity index (χ0n) is 13.7. The molecule has 1 aliphatic rings. The average molecular weight is 355 g/mol. The van der Waals surface area contributed by atoms with Crippen LogP contribution in [0, 0.1) is 0 Å². The van der Waals surface area contributed by atoms with Gasteiger partial charge in [0.2, 0.25) is 6.10 Å². The Labute approximate surface area is 149 Å². The Bertz CT molecular complexity index is 809. The van der Waals surface area contributed by atoms with E-state index in [1.54, 1.807) is 54.6 Å². The normalized spacial score (nSPS) is 14.8. The maximum absolute atomic E-state index is 12.1. The Morgan fingerprint density at radius 2 is 1.62 bits per heavy atom. The quantitative estimate of drug-likeness (QED) is 0.689. The van der Waals surface area contributed by atoms with Gasteiger partial charge in [-0.05, 0) is 24.3 Å². The summed E-state index contributed by atoms with van der Waals surface area (Å²) in [6.45, 7) is -0.248. The minimum atomic E-state index is -0.885. The molecular weight excluding hydrogens is 338 g/mol. The van der Waals surface area contributed by atoms with Gasteiger partial charge in [0.05, 0.1) is 6.54 Å². The van der Waals surface area contributed by atoms with Crippen molar-refractivity contribution in [3.05, 3.63) is 60.2 Å². The topological polar surface area (TPSA) is 106 Å². The first-order valence-corrected chi connectivity index (χ1v) is 7.94. The van der Waals surface area contributed by atoms with Crippen LogP contribution in [-0.4, -0.2) is 37.0 Å². The molecule has 26 heavy (non-hydrogen) atoms. The Morgan fingerprint density at radius 3 is 2.38 bits per heavy atom. The number of benzene rings is 2. The zero-order valence-corrected chi connectivity index (χ0v) is 13.7. The summed E-state index contributed by atoms with van der Waals surface area (Å²) in [7, 11) is 0. The molecule has 0 saturated heterocycles. The van der Waals surface area contributed by atoms with Crippen molar-refractivity contribution in [2.45, 2.75) is 6.10 Å². The number of hydrogen-bond donors (Lipinski definition) is 3. The van der Waals surface area contributed by atoms with E-state index in [0.29, 0.717) is 17.1 Å². The highest BCUT2D eigenvalue weighted by Gasteiger charge is 2.27. The predicted octanol–water partition coefficient (Wildman–Crippen LogP) is 0.404. The summed E-state index contributed by atoms with van der Waals surface area (Å²) >= 11 is 0. The molecule has 0 saturated carbocycles. The smallest absolute Gasteiger partial charge is 0.283 e. The van der Waals surface area contributed by atoms with Crippen LogP contribution in [0.1, 0.15) is 10.4 Å². The van der Waals surface area contributed by atoms with Gasteiger partial charge in [-0.1, -0.05) is 30.3 Å². The van der Waals surface area contributed by atoms with Crippen molar-refractivity contribution in [2.24, 2.45) is 0 Å². The second-order valence-electron chi connectivity index (χ2n) is 5.45. The predicted molar refractivity (Wildman–Crippen MR) is 91.4 cm³/mol. The molecule has 134 valence electrons. The van der Waals surface area contributed by atoms with Gasteiger partial charge in [0, 0.05) is 5.56 Å². The Kier molecular flexibility index (Phi) is 5.33. The number of carbonyl (C=O) groups excluding carboxylic acids is 3. The van der Waals surface area contributed by atoms with Crippen molar-refractivity contribution in [2.75, 3.05) is 13.2 Å². The fourth-order valence-electron chi connectivity index (χ4n) is 2.26. The van der Waals surface area contributed by atoms with E-state index in [4.69, 9.17) is 9.47 Å². The van der Waals surface area contributed by atoms with E-state index in [1.165, 1.54) is 0 Å². The molecule has 0 aliphatic carbocycles. The van der Waals surface area contributed by atoms with Crippen LogP contribution in [0.3, 0.4) is 0 Å². The molecule has 0 fully saturated rings. The number of para-hydroxylation sites is 2. The molecule has 3 N–H and O–H groups in total. The summed E-state index contributed by atoms with van der Waals surface area (Å²) in [6.07, 6.45) is -0.885. The number of fused-ring (bicyclic) bond motifs is 1. The molecule has 2 aromatic rings. The molecule has 2 aromatic carbocycles. The van der Waals surface area contributed by atoms with E-state index in [0.717, 1.165) is 0 Å². The molecule has 0 aromatic heterocycles. The third-order valence-corrected chi connectivity index (χ3v) is 3.57. The first-order valence-electron chi connectivity index (χ1n) is 7.94. The number of carbonyl (C=O) groups is 3. The molecule has 3 rings (SSSR count). The van der Waals surface area contributed by atoms with Crippen LogP contribution in [-0.2, 0) is 9.59 Å². The molecule has 8 nitrogen and oxygen atoms in total. The summed E-state index contributed by atoms with van der Waals surface area (Å²) in [5.41, 5.74) is 4.91. The van der Waals surface area contributed by atoms with Crippen molar-refractivity contribution in [3.8, 4) is 11.5 Å². The summed E-state index contributed by atoms with van der Waals surface area (Å²) in [6, 6.07) is 15.5. The van der Waals surface area contributed by atoms with Gasteiger partial charge in [-0.25, -0.2) is 0 Å². The highest BCUT2D eigenvalue weighted by atomic mass is 16.6. The highest BCUT2D eigenvalue weighted by Crippen LogP contribution is 2.30. The van der Waals surface area contributed by atoms with Gasteiger partial charge in [0.25, 0.3) is 17.7 Å². The lowest BCUT2D eigenvalue weighted by atomic mass is 10.2. The van der Waals surface area contributed by atoms with Gasteiger partial charge in [-0.15, -0.1) is 0 Å². The van der Waals surface area contributed by atoms with E-state index in [-0.39, 0.29) is 19.1 Å². The van der Waals surface area contributed by atoms with Gasteiger partial charge in [-0.2, -0.15) is 0 Å². The largest absolute Gasteiger partial charge is 0.485 e. The maximum atomic E-state index is 12.1. The molecule has 8 heteroatoms. The summed E-state index contributed by atoms with van der Waals surface area (Å²) in [5.74, 6) is -0.487. The monoisotopic (exact) mass is 355 g/mol. The van der Waals surface area contributed by atoms with E-state index in [2.05, 4.69) is 16.2 Å². The molecule has 0 unspecified atom stereocenters. The summed E-state index contributed by atoms with van der Waals surface area (Å²) in [5, 5.41) is 2.46. The second kappa shape index (κ2) is 8.02. The third kappa shape index (κ3) is 4.29. The highest BCUT2D eigenvalue weighted by molar-refractivity contribution is 5.96. The number of ether oxygens (including phenoxy) is 2. The number of amides is 3. The number of rotatable bonds is 4. The van der Waals surface area contributed by atoms with Crippen molar-refractivity contribution >= 4 is 17.7 Å². The minimum Gasteiger partial charge on any atom is -0.485 e. The van der Waals surface area contributed by atoms with Crippen LogP contribution in [0.25, 0.3) is 0 Å². The lowest BCUT2D eigenvalue weighted by molar-refractivity contribution is -0.134. The summed E-state index contributed by atoms with van der Waals surface area (Å²) in [4.78, 5) is 35.6. The van der Waals surface area contributed by atoms with Crippen molar-refractivity contribution < 1.29 is 23.9 Å². The van der Waals surface area contributed by atoms with E-state index < -0.39 is 17.9 Å². The molecule has 1 atom stereocenters. The fraction of sp³-hybridized carbons (Fsp3) is 0.167. The fourth-order valence-corrected chi connectivity index (χ4v) is 2.26. The maximum Gasteiger partial charge on any atom is 0.283 e. The lowest BCUT2D eigenvalue weighted by Gasteiger charge is -2.25. The van der Waals surface area contributed by atoms with Crippen LogP contribution >= 0.6 is 0 Å². The van der Waals surface area contributed by atoms with Gasteiger partial charge in [-0.3, -0.25) is 25.2 Å². The first-order chi connectivity index (χ1) is 12.6. The Balaban J connectivity index is 1.42. The molecular formula is C18H17N3O5. The van der Waals surface area contributed by atoms with Crippen LogP contribution in [0.2, 0.25) is 0 Å². The van der Waals surface area contributed by atoms with E-state index >= 15 is 0 Å². The van der Waals surface area contributed by atoms with Crippen LogP contribution in [0.4, 0.5) is 0 Å². The first kappa shape index (κ1) is 17.3. The number of nitrogens with one attached hydrogen (secondary N) is 3. The summed E-state index contributed by atoms with van der Waals surface area (Å²) < 4.78 is 11.0. The Hall–Kier alpha value is -3.55. The van der Waals surface area contributed by atoms with Crippen LogP contribution in [0.15, 0.2) is 54.6 Å². The zero-order chi connectivity index (χ0) is 18.4. The Morgan fingerprint density at radius 1 is 0.923 bits per heavy atom. The number of hydrazine groups is 1. The lowest BCUT2D eigenvalue weighted by Crippen LogP contribution is -2.52. The van der Waals surface area contributed by atoms with Gasteiger partial charge >= 0.3 is 0 Å². The van der Waals surface area contributed by atoms with Gasteiger partial charge < -0.3 is 14.8 Å². The number of hydrogen-bond acceptors (Lipinski definition) is 5. The van der Waals surface area contributed by atoms with Crippen LogP contribution < -0.4 is 25.6 Å². The van der Waals surface area contributed by atoms with Crippen molar-refractivity contribution in [1.82, 2.24) is 16.2 Å². The molecule has 0 spiro atoms. The molecule has 3 amide bonds. The molecule has 1 aliphatic heterocycles. The molecule has 1 heterocycles. The average Bonchev–Trinajstić information content (AvgIpc) is 2.70.